The van der Waals surface area contributed by atoms with Gasteiger partial charge in [-0.3, -0.25) is 0 Å². The molecule has 0 aromatic carbocycles. The van der Waals surface area contributed by atoms with Gasteiger partial charge in [0, 0.05) is 19.1 Å². The number of sulfonamides is 1. The van der Waals surface area contributed by atoms with Crippen LogP contribution in [0.1, 0.15) is 12.8 Å². The minimum atomic E-state index is -5.08. The van der Waals surface area contributed by atoms with Crippen LogP contribution in [0.25, 0.3) is 0 Å². The van der Waals surface area contributed by atoms with E-state index in [1.807, 2.05) is 0 Å². The van der Waals surface area contributed by atoms with Gasteiger partial charge < -0.3 is 10.8 Å². The normalized spacial score (nSPS) is 17.6. The first-order chi connectivity index (χ1) is 10.0. The summed E-state index contributed by atoms with van der Waals surface area (Å²) >= 11 is 1.26. The van der Waals surface area contributed by atoms with Gasteiger partial charge in [0.1, 0.15) is 4.21 Å². The van der Waals surface area contributed by atoms with Gasteiger partial charge in [-0.15, -0.1) is 11.3 Å². The molecule has 0 unspecified atom stereocenters. The summed E-state index contributed by atoms with van der Waals surface area (Å²) in [5.41, 5.74) is 5.74. The van der Waals surface area contributed by atoms with Gasteiger partial charge in [-0.2, -0.15) is 17.5 Å². The van der Waals surface area contributed by atoms with Crippen LogP contribution in [0.5, 0.6) is 0 Å². The molecule has 1 aromatic heterocycles. The number of carboxylic acids is 1. The van der Waals surface area contributed by atoms with Gasteiger partial charge >= 0.3 is 12.1 Å². The Balaban J connectivity index is 0.000000295. The lowest BCUT2D eigenvalue weighted by Crippen LogP contribution is -2.42. The lowest BCUT2D eigenvalue weighted by Gasteiger charge is -2.28. The summed E-state index contributed by atoms with van der Waals surface area (Å²) in [4.78, 5) is 8.90. The number of carboxylic acid groups (broad SMARTS) is 1. The smallest absolute Gasteiger partial charge is 0.475 e. The molecule has 11 heteroatoms. The average molecular weight is 360 g/mol. The molecule has 1 fully saturated rings. The molecule has 22 heavy (non-hydrogen) atoms. The maximum absolute atomic E-state index is 12.1. The molecule has 1 saturated heterocycles. The van der Waals surface area contributed by atoms with Gasteiger partial charge in [0.2, 0.25) is 0 Å². The number of carbonyl (C=O) groups is 1. The van der Waals surface area contributed by atoms with Crippen molar-refractivity contribution < 1.29 is 31.5 Å². The Morgan fingerprint density at radius 3 is 2.23 bits per heavy atom. The summed E-state index contributed by atoms with van der Waals surface area (Å²) in [6.45, 7) is 1.09. The number of hydrogen-bond donors (Lipinski definition) is 2. The number of nitrogens with two attached hydrogens (primary N) is 1. The van der Waals surface area contributed by atoms with Crippen molar-refractivity contribution in [3.8, 4) is 0 Å². The van der Waals surface area contributed by atoms with Crippen molar-refractivity contribution in [1.29, 1.82) is 0 Å². The molecule has 0 aliphatic carbocycles. The van der Waals surface area contributed by atoms with E-state index in [0.29, 0.717) is 17.3 Å². The van der Waals surface area contributed by atoms with Crippen molar-refractivity contribution in [2.24, 2.45) is 5.73 Å². The summed E-state index contributed by atoms with van der Waals surface area (Å²) in [5.74, 6) is -2.76. The second kappa shape index (κ2) is 7.40. The summed E-state index contributed by atoms with van der Waals surface area (Å²) in [6, 6.07) is 3.56. The lowest BCUT2D eigenvalue weighted by molar-refractivity contribution is -0.192. The Bertz CT molecular complexity index is 579. The fraction of sp³-hybridized carbons (Fsp3) is 0.545. The van der Waals surface area contributed by atoms with Crippen molar-refractivity contribution in [1.82, 2.24) is 4.31 Å². The second-order valence-electron chi connectivity index (χ2n) is 4.48. The SMILES string of the molecule is NC1CCN(S(=O)(=O)c2cccs2)CC1.O=C(O)C(F)(F)F. The third kappa shape index (κ3) is 5.23. The number of piperidine rings is 1. The van der Waals surface area contributed by atoms with Crippen LogP contribution in [0, 0.1) is 0 Å². The Morgan fingerprint density at radius 2 is 1.86 bits per heavy atom. The predicted molar refractivity (Wildman–Crippen MR) is 74.0 cm³/mol. The zero-order chi connectivity index (χ0) is 17.0. The average Bonchev–Trinajstić information content (AvgIpc) is 2.93. The first-order valence-corrected chi connectivity index (χ1v) is 8.46. The number of halogens is 3. The van der Waals surface area contributed by atoms with Crippen LogP contribution in [0.15, 0.2) is 21.7 Å². The number of hydrogen-bond acceptors (Lipinski definition) is 5. The second-order valence-corrected chi connectivity index (χ2v) is 7.59. The van der Waals surface area contributed by atoms with Gasteiger partial charge in [-0.05, 0) is 24.3 Å². The molecule has 0 bridgehead atoms. The van der Waals surface area contributed by atoms with Gasteiger partial charge in [-0.25, -0.2) is 13.2 Å². The van der Waals surface area contributed by atoms with E-state index < -0.39 is 22.2 Å². The van der Waals surface area contributed by atoms with Crippen LogP contribution in [0.3, 0.4) is 0 Å². The molecule has 1 aliphatic heterocycles. The summed E-state index contributed by atoms with van der Waals surface area (Å²) in [6.07, 6.45) is -3.57. The van der Waals surface area contributed by atoms with Crippen LogP contribution in [0.4, 0.5) is 13.2 Å². The third-order valence-electron chi connectivity index (χ3n) is 2.83. The molecular formula is C11H15F3N2O4S2. The minimum absolute atomic E-state index is 0.153. The number of nitrogens with zero attached hydrogens (tertiary/aromatic N) is 1. The number of rotatable bonds is 2. The molecular weight excluding hydrogens is 345 g/mol. The Morgan fingerprint density at radius 1 is 1.36 bits per heavy atom. The molecule has 1 aliphatic rings. The monoisotopic (exact) mass is 360 g/mol. The number of alkyl halides is 3. The highest BCUT2D eigenvalue weighted by atomic mass is 32.2. The van der Waals surface area contributed by atoms with Gasteiger partial charge in [-0.1, -0.05) is 6.07 Å². The van der Waals surface area contributed by atoms with Crippen LogP contribution in [-0.2, 0) is 14.8 Å². The van der Waals surface area contributed by atoms with Gasteiger partial charge in [0.25, 0.3) is 10.0 Å². The molecule has 0 atom stereocenters. The molecule has 126 valence electrons. The summed E-state index contributed by atoms with van der Waals surface area (Å²) < 4.78 is 57.8. The quantitative estimate of drug-likeness (QED) is 0.832. The topological polar surface area (TPSA) is 101 Å². The van der Waals surface area contributed by atoms with E-state index in [1.54, 1.807) is 17.5 Å². The summed E-state index contributed by atoms with van der Waals surface area (Å²) in [7, 11) is -3.25. The number of thiophene rings is 1. The van der Waals surface area contributed by atoms with Crippen molar-refractivity contribution in [3.63, 3.8) is 0 Å². The van der Waals surface area contributed by atoms with Crippen molar-refractivity contribution in [2.75, 3.05) is 13.1 Å². The number of aliphatic carboxylic acids is 1. The maximum Gasteiger partial charge on any atom is 0.490 e. The molecule has 3 N–H and O–H groups in total. The predicted octanol–water partition coefficient (Wildman–Crippen LogP) is 1.49. The highest BCUT2D eigenvalue weighted by molar-refractivity contribution is 7.91. The van der Waals surface area contributed by atoms with Crippen molar-refractivity contribution in [2.45, 2.75) is 29.3 Å². The van der Waals surface area contributed by atoms with Crippen LogP contribution < -0.4 is 5.73 Å². The Hall–Kier alpha value is -1.17. The Kier molecular flexibility index (Phi) is 6.35. The van der Waals surface area contributed by atoms with Gasteiger partial charge in [0.15, 0.2) is 0 Å². The van der Waals surface area contributed by atoms with E-state index in [9.17, 15) is 21.6 Å². The van der Waals surface area contributed by atoms with Crippen LogP contribution in [0.2, 0.25) is 0 Å². The van der Waals surface area contributed by atoms with Crippen LogP contribution >= 0.6 is 11.3 Å². The lowest BCUT2D eigenvalue weighted by atomic mass is 10.1. The van der Waals surface area contributed by atoms with E-state index in [0.717, 1.165) is 12.8 Å². The standard InChI is InChI=1S/C9H14N2O2S2.C2HF3O2/c10-8-3-5-11(6-4-8)15(12,13)9-2-1-7-14-9;3-2(4,5)1(6)7/h1-2,7-8H,3-6,10H2;(H,6,7). The summed E-state index contributed by atoms with van der Waals surface area (Å²) in [5, 5.41) is 8.91. The third-order valence-corrected chi connectivity index (χ3v) is 6.10. The van der Waals surface area contributed by atoms with Gasteiger partial charge in [0.05, 0.1) is 0 Å². The molecule has 0 saturated carbocycles. The van der Waals surface area contributed by atoms with Crippen LogP contribution in [-0.4, -0.2) is 49.1 Å². The zero-order valence-corrected chi connectivity index (χ0v) is 12.9. The zero-order valence-electron chi connectivity index (χ0n) is 11.3. The Labute approximate surface area is 129 Å². The van der Waals surface area contributed by atoms with E-state index in [-0.39, 0.29) is 6.04 Å². The fourth-order valence-corrected chi connectivity index (χ4v) is 4.27. The largest absolute Gasteiger partial charge is 0.490 e. The molecule has 0 radical (unpaired) electrons. The molecule has 1 aromatic rings. The van der Waals surface area contributed by atoms with E-state index in [1.165, 1.54) is 15.6 Å². The molecule has 0 amide bonds. The maximum atomic E-state index is 12.1. The molecule has 6 nitrogen and oxygen atoms in total. The van der Waals surface area contributed by atoms with E-state index >= 15 is 0 Å². The molecule has 2 heterocycles. The molecule has 2 rings (SSSR count). The first-order valence-electron chi connectivity index (χ1n) is 6.14. The minimum Gasteiger partial charge on any atom is -0.475 e. The highest BCUT2D eigenvalue weighted by Gasteiger charge is 2.38. The first kappa shape index (κ1) is 18.9. The van der Waals surface area contributed by atoms with E-state index in [4.69, 9.17) is 15.6 Å². The van der Waals surface area contributed by atoms with Crippen molar-refractivity contribution in [3.05, 3.63) is 17.5 Å². The fourth-order valence-electron chi connectivity index (χ4n) is 1.65. The van der Waals surface area contributed by atoms with E-state index in [2.05, 4.69) is 0 Å². The van der Waals surface area contributed by atoms with Crippen molar-refractivity contribution >= 4 is 27.3 Å². The highest BCUT2D eigenvalue weighted by Crippen LogP contribution is 2.23. The molecule has 0 spiro atoms.